The number of nitrogens with one attached hydrogen (secondary N) is 2. The van der Waals surface area contributed by atoms with E-state index in [0.717, 1.165) is 25.9 Å². The van der Waals surface area contributed by atoms with E-state index in [1.54, 1.807) is 0 Å². The van der Waals surface area contributed by atoms with Crippen LogP contribution in [0.5, 0.6) is 0 Å². The Morgan fingerprint density at radius 1 is 1.45 bits per heavy atom. The number of piperidine rings is 1. The van der Waals surface area contributed by atoms with Gasteiger partial charge in [-0.3, -0.25) is 0 Å². The maximum absolute atomic E-state index is 12.0. The van der Waals surface area contributed by atoms with Gasteiger partial charge in [0, 0.05) is 19.6 Å². The van der Waals surface area contributed by atoms with Crippen molar-refractivity contribution < 1.29 is 9.90 Å². The molecule has 130 valence electrons. The molecule has 1 heterocycles. The highest BCUT2D eigenvalue weighted by Crippen LogP contribution is 2.17. The normalized spacial score (nSPS) is 22.4. The SMILES string of the molecule is CCCC(C)(CO)NC(=O)NCC1CCCN(CC(C)C)C1. The van der Waals surface area contributed by atoms with Crippen molar-refractivity contribution in [2.45, 2.75) is 58.9 Å². The number of likely N-dealkylation sites (tertiary alicyclic amines) is 1. The highest BCUT2D eigenvalue weighted by atomic mass is 16.3. The van der Waals surface area contributed by atoms with Crippen molar-refractivity contribution in [2.75, 3.05) is 32.8 Å². The second-order valence-electron chi connectivity index (χ2n) is 7.47. The van der Waals surface area contributed by atoms with Crippen LogP contribution in [0.1, 0.15) is 53.4 Å². The van der Waals surface area contributed by atoms with E-state index < -0.39 is 5.54 Å². The zero-order valence-electron chi connectivity index (χ0n) is 14.8. The fourth-order valence-electron chi connectivity index (χ4n) is 3.29. The predicted molar refractivity (Wildman–Crippen MR) is 90.9 cm³/mol. The molecule has 0 radical (unpaired) electrons. The summed E-state index contributed by atoms with van der Waals surface area (Å²) in [7, 11) is 0. The average Bonchev–Trinajstić information content (AvgIpc) is 2.45. The molecule has 2 unspecified atom stereocenters. The molecule has 5 heteroatoms. The smallest absolute Gasteiger partial charge is 0.315 e. The third-order valence-electron chi connectivity index (χ3n) is 4.34. The molecule has 1 aliphatic heterocycles. The zero-order valence-corrected chi connectivity index (χ0v) is 14.8. The van der Waals surface area contributed by atoms with Gasteiger partial charge in [-0.15, -0.1) is 0 Å². The van der Waals surface area contributed by atoms with Gasteiger partial charge in [0.2, 0.25) is 0 Å². The first kappa shape index (κ1) is 19.2. The Morgan fingerprint density at radius 2 is 2.18 bits per heavy atom. The molecule has 0 aromatic carbocycles. The van der Waals surface area contributed by atoms with Crippen molar-refractivity contribution >= 4 is 6.03 Å². The lowest BCUT2D eigenvalue weighted by Gasteiger charge is -2.34. The number of amides is 2. The van der Waals surface area contributed by atoms with Crippen LogP contribution in [0.3, 0.4) is 0 Å². The Morgan fingerprint density at radius 3 is 2.77 bits per heavy atom. The van der Waals surface area contributed by atoms with Crippen LogP contribution in [0, 0.1) is 11.8 Å². The number of carbonyl (C=O) groups excluding carboxylic acids is 1. The van der Waals surface area contributed by atoms with Crippen LogP contribution in [-0.4, -0.2) is 54.4 Å². The van der Waals surface area contributed by atoms with Crippen LogP contribution >= 0.6 is 0 Å². The van der Waals surface area contributed by atoms with Crippen molar-refractivity contribution in [3.63, 3.8) is 0 Å². The Kier molecular flexibility index (Phi) is 8.18. The molecular weight excluding hydrogens is 278 g/mol. The summed E-state index contributed by atoms with van der Waals surface area (Å²) in [4.78, 5) is 14.6. The van der Waals surface area contributed by atoms with Crippen LogP contribution in [-0.2, 0) is 0 Å². The summed E-state index contributed by atoms with van der Waals surface area (Å²) < 4.78 is 0. The largest absolute Gasteiger partial charge is 0.394 e. The van der Waals surface area contributed by atoms with Crippen LogP contribution in [0.25, 0.3) is 0 Å². The van der Waals surface area contributed by atoms with Gasteiger partial charge in [-0.25, -0.2) is 4.79 Å². The van der Waals surface area contributed by atoms with Crippen molar-refractivity contribution in [2.24, 2.45) is 11.8 Å². The molecule has 1 saturated heterocycles. The highest BCUT2D eigenvalue weighted by molar-refractivity contribution is 5.74. The third kappa shape index (κ3) is 6.97. The number of carbonyl (C=O) groups is 1. The number of hydrogen-bond donors (Lipinski definition) is 3. The summed E-state index contributed by atoms with van der Waals surface area (Å²) in [5.74, 6) is 1.22. The maximum Gasteiger partial charge on any atom is 0.315 e. The molecule has 1 fully saturated rings. The van der Waals surface area contributed by atoms with Crippen LogP contribution in [0.15, 0.2) is 0 Å². The predicted octanol–water partition coefficient (Wildman–Crippen LogP) is 2.20. The van der Waals surface area contributed by atoms with E-state index in [0.29, 0.717) is 18.4 Å². The van der Waals surface area contributed by atoms with Gasteiger partial charge in [0.15, 0.2) is 0 Å². The number of urea groups is 1. The van der Waals surface area contributed by atoms with Crippen molar-refractivity contribution in [1.29, 1.82) is 0 Å². The highest BCUT2D eigenvalue weighted by Gasteiger charge is 2.25. The fourth-order valence-corrected chi connectivity index (χ4v) is 3.29. The molecule has 22 heavy (non-hydrogen) atoms. The van der Waals surface area contributed by atoms with Crippen LogP contribution in [0.4, 0.5) is 4.79 Å². The Balaban J connectivity index is 2.34. The summed E-state index contributed by atoms with van der Waals surface area (Å²) in [5.41, 5.74) is -0.519. The van der Waals surface area contributed by atoms with E-state index >= 15 is 0 Å². The van der Waals surface area contributed by atoms with Gasteiger partial charge in [0.1, 0.15) is 0 Å². The Hall–Kier alpha value is -0.810. The van der Waals surface area contributed by atoms with E-state index in [-0.39, 0.29) is 12.6 Å². The van der Waals surface area contributed by atoms with Crippen molar-refractivity contribution in [1.82, 2.24) is 15.5 Å². The molecule has 2 amide bonds. The van der Waals surface area contributed by atoms with Crippen LogP contribution in [0.2, 0.25) is 0 Å². The van der Waals surface area contributed by atoms with Crippen LogP contribution < -0.4 is 10.6 Å². The average molecular weight is 313 g/mol. The number of rotatable bonds is 8. The monoisotopic (exact) mass is 313 g/mol. The molecule has 2 atom stereocenters. The standard InChI is InChI=1S/C17H35N3O2/c1-5-8-17(4,13-21)19-16(22)18-10-15-7-6-9-20(12-15)11-14(2)3/h14-15,21H,5-13H2,1-4H3,(H2,18,19,22). The molecule has 0 saturated carbocycles. The zero-order chi connectivity index (χ0) is 16.6. The number of aliphatic hydroxyl groups is 1. The Labute approximate surface area is 135 Å². The molecule has 0 aromatic heterocycles. The summed E-state index contributed by atoms with van der Waals surface area (Å²) in [6.45, 7) is 12.5. The van der Waals surface area contributed by atoms with Gasteiger partial charge in [-0.2, -0.15) is 0 Å². The molecular formula is C17H35N3O2. The molecule has 0 bridgehead atoms. The molecule has 0 aromatic rings. The molecule has 3 N–H and O–H groups in total. The summed E-state index contributed by atoms with van der Waals surface area (Å²) in [6, 6.07) is -0.161. The first-order valence-electron chi connectivity index (χ1n) is 8.77. The van der Waals surface area contributed by atoms with E-state index in [4.69, 9.17) is 0 Å². The molecule has 1 rings (SSSR count). The van der Waals surface area contributed by atoms with Crippen molar-refractivity contribution in [3.8, 4) is 0 Å². The van der Waals surface area contributed by atoms with E-state index in [1.807, 2.05) is 6.92 Å². The van der Waals surface area contributed by atoms with Gasteiger partial charge in [0.25, 0.3) is 0 Å². The molecule has 5 nitrogen and oxygen atoms in total. The third-order valence-corrected chi connectivity index (χ3v) is 4.34. The van der Waals surface area contributed by atoms with E-state index in [2.05, 4.69) is 36.3 Å². The molecule has 1 aliphatic rings. The topological polar surface area (TPSA) is 64.6 Å². The molecule has 0 aliphatic carbocycles. The molecule has 0 spiro atoms. The summed E-state index contributed by atoms with van der Waals surface area (Å²) in [6.07, 6.45) is 4.11. The quantitative estimate of drug-likeness (QED) is 0.644. The summed E-state index contributed by atoms with van der Waals surface area (Å²) >= 11 is 0. The van der Waals surface area contributed by atoms with Gasteiger partial charge >= 0.3 is 6.03 Å². The van der Waals surface area contributed by atoms with E-state index in [9.17, 15) is 9.90 Å². The second-order valence-corrected chi connectivity index (χ2v) is 7.47. The minimum absolute atomic E-state index is 0.0279. The summed E-state index contributed by atoms with van der Waals surface area (Å²) in [5, 5.41) is 15.4. The van der Waals surface area contributed by atoms with Gasteiger partial charge < -0.3 is 20.6 Å². The lowest BCUT2D eigenvalue weighted by molar-refractivity contribution is 0.150. The van der Waals surface area contributed by atoms with Gasteiger partial charge in [-0.1, -0.05) is 27.2 Å². The minimum atomic E-state index is -0.519. The van der Waals surface area contributed by atoms with Gasteiger partial charge in [0.05, 0.1) is 12.1 Å². The van der Waals surface area contributed by atoms with Gasteiger partial charge in [-0.05, 0) is 44.6 Å². The lowest BCUT2D eigenvalue weighted by atomic mass is 9.96. The first-order chi connectivity index (χ1) is 10.4. The second kappa shape index (κ2) is 9.36. The first-order valence-corrected chi connectivity index (χ1v) is 8.77. The number of nitrogens with zero attached hydrogens (tertiary/aromatic N) is 1. The fraction of sp³-hybridized carbons (Fsp3) is 0.941. The minimum Gasteiger partial charge on any atom is -0.394 e. The number of hydrogen-bond acceptors (Lipinski definition) is 3. The number of aliphatic hydroxyl groups excluding tert-OH is 1. The van der Waals surface area contributed by atoms with Crippen molar-refractivity contribution in [3.05, 3.63) is 0 Å². The lowest BCUT2D eigenvalue weighted by Crippen LogP contribution is -2.53. The van der Waals surface area contributed by atoms with E-state index in [1.165, 1.54) is 19.4 Å². The maximum atomic E-state index is 12.0. The Bertz CT molecular complexity index is 336.